The zero-order valence-electron chi connectivity index (χ0n) is 12.0. The van der Waals surface area contributed by atoms with Gasteiger partial charge in [-0.2, -0.15) is 0 Å². The maximum atomic E-state index is 5.62. The highest BCUT2D eigenvalue weighted by Crippen LogP contribution is 2.32. The Labute approximate surface area is 112 Å². The van der Waals surface area contributed by atoms with E-state index in [9.17, 15) is 0 Å². The highest BCUT2D eigenvalue weighted by atomic mass is 16.7. The molecular weight excluding hydrogens is 226 g/mol. The first kappa shape index (κ1) is 14.3. The summed E-state index contributed by atoms with van der Waals surface area (Å²) < 4.78 is 11.2. The zero-order chi connectivity index (χ0) is 12.8. The van der Waals surface area contributed by atoms with Crippen LogP contribution in [0.3, 0.4) is 0 Å². The van der Waals surface area contributed by atoms with Crippen LogP contribution in [0, 0.1) is 11.8 Å². The predicted octanol–water partition coefficient (Wildman–Crippen LogP) is 2.94. The maximum absolute atomic E-state index is 5.62. The molecule has 2 fully saturated rings. The largest absolute Gasteiger partial charge is 0.350 e. The summed E-state index contributed by atoms with van der Waals surface area (Å²) in [5.41, 5.74) is 0. The molecule has 2 aliphatic rings. The van der Waals surface area contributed by atoms with Crippen molar-refractivity contribution in [1.29, 1.82) is 0 Å². The van der Waals surface area contributed by atoms with Crippen LogP contribution in [0.25, 0.3) is 0 Å². The van der Waals surface area contributed by atoms with Crippen molar-refractivity contribution in [2.45, 2.75) is 64.7 Å². The van der Waals surface area contributed by atoms with Gasteiger partial charge in [-0.25, -0.2) is 0 Å². The van der Waals surface area contributed by atoms with Crippen LogP contribution >= 0.6 is 0 Å². The molecule has 3 nitrogen and oxygen atoms in total. The van der Waals surface area contributed by atoms with Gasteiger partial charge in [-0.1, -0.05) is 26.7 Å². The Morgan fingerprint density at radius 1 is 1.22 bits per heavy atom. The molecule has 3 unspecified atom stereocenters. The summed E-state index contributed by atoms with van der Waals surface area (Å²) in [6.07, 6.45) is 7.81. The average Bonchev–Trinajstić information content (AvgIpc) is 2.87. The standard InChI is InChI=1S/C15H29NO2/c1-3-7-16-14(11-15-17-8-9-18-15)13-6-4-5-12(2)10-13/h12-16H,3-11H2,1-2H3. The Morgan fingerprint density at radius 3 is 2.67 bits per heavy atom. The molecule has 2 rings (SSSR count). The number of nitrogens with one attached hydrogen (secondary N) is 1. The van der Waals surface area contributed by atoms with E-state index in [1.807, 2.05) is 0 Å². The van der Waals surface area contributed by atoms with Crippen molar-refractivity contribution >= 4 is 0 Å². The minimum Gasteiger partial charge on any atom is -0.350 e. The van der Waals surface area contributed by atoms with E-state index in [1.165, 1.54) is 32.1 Å². The lowest BCUT2D eigenvalue weighted by molar-refractivity contribution is -0.0582. The fourth-order valence-electron chi connectivity index (χ4n) is 3.37. The summed E-state index contributed by atoms with van der Waals surface area (Å²) >= 11 is 0. The van der Waals surface area contributed by atoms with E-state index in [0.29, 0.717) is 6.04 Å². The van der Waals surface area contributed by atoms with Crippen molar-refractivity contribution in [3.05, 3.63) is 0 Å². The van der Waals surface area contributed by atoms with Gasteiger partial charge in [0.25, 0.3) is 0 Å². The van der Waals surface area contributed by atoms with Gasteiger partial charge in [-0.05, 0) is 37.6 Å². The quantitative estimate of drug-likeness (QED) is 0.791. The van der Waals surface area contributed by atoms with Gasteiger partial charge in [0, 0.05) is 12.5 Å². The van der Waals surface area contributed by atoms with E-state index < -0.39 is 0 Å². The molecule has 0 bridgehead atoms. The van der Waals surface area contributed by atoms with Crippen molar-refractivity contribution in [2.24, 2.45) is 11.8 Å². The van der Waals surface area contributed by atoms with Crippen LogP contribution in [-0.2, 0) is 9.47 Å². The summed E-state index contributed by atoms with van der Waals surface area (Å²) in [5.74, 6) is 1.70. The topological polar surface area (TPSA) is 30.5 Å². The lowest BCUT2D eigenvalue weighted by atomic mass is 9.77. The summed E-state index contributed by atoms with van der Waals surface area (Å²) in [6, 6.07) is 0.579. The predicted molar refractivity (Wildman–Crippen MR) is 73.5 cm³/mol. The van der Waals surface area contributed by atoms with Crippen LogP contribution in [0.2, 0.25) is 0 Å². The molecule has 106 valence electrons. The first-order chi connectivity index (χ1) is 8.79. The number of ether oxygens (including phenoxy) is 2. The number of hydrogen-bond donors (Lipinski definition) is 1. The van der Waals surface area contributed by atoms with Gasteiger partial charge in [0.15, 0.2) is 6.29 Å². The molecule has 0 aromatic heterocycles. The van der Waals surface area contributed by atoms with Crippen LogP contribution in [0.1, 0.15) is 52.4 Å². The summed E-state index contributed by atoms with van der Waals surface area (Å²) in [4.78, 5) is 0. The number of rotatable bonds is 6. The molecule has 1 aliphatic heterocycles. The Morgan fingerprint density at radius 2 is 2.00 bits per heavy atom. The van der Waals surface area contributed by atoms with E-state index in [4.69, 9.17) is 9.47 Å². The highest BCUT2D eigenvalue weighted by Gasteiger charge is 2.30. The molecule has 3 atom stereocenters. The molecule has 3 heteroatoms. The second kappa shape index (κ2) is 7.46. The summed E-state index contributed by atoms with van der Waals surface area (Å²) in [7, 11) is 0. The lowest BCUT2D eigenvalue weighted by Gasteiger charge is -2.34. The zero-order valence-corrected chi connectivity index (χ0v) is 12.0. The van der Waals surface area contributed by atoms with Gasteiger partial charge >= 0.3 is 0 Å². The van der Waals surface area contributed by atoms with E-state index in [0.717, 1.165) is 38.0 Å². The van der Waals surface area contributed by atoms with Gasteiger partial charge in [-0.3, -0.25) is 0 Å². The second-order valence-electron chi connectivity index (χ2n) is 6.00. The Balaban J connectivity index is 1.85. The molecule has 0 aromatic carbocycles. The van der Waals surface area contributed by atoms with Crippen LogP contribution in [0.15, 0.2) is 0 Å². The molecule has 0 spiro atoms. The van der Waals surface area contributed by atoms with E-state index in [2.05, 4.69) is 19.2 Å². The first-order valence-electron chi connectivity index (χ1n) is 7.76. The van der Waals surface area contributed by atoms with E-state index >= 15 is 0 Å². The molecule has 0 radical (unpaired) electrons. The SMILES string of the molecule is CCCNC(CC1OCCO1)C1CCCC(C)C1. The van der Waals surface area contributed by atoms with Gasteiger partial charge in [-0.15, -0.1) is 0 Å². The minimum absolute atomic E-state index is 0.0385. The Hall–Kier alpha value is -0.120. The number of hydrogen-bond acceptors (Lipinski definition) is 3. The smallest absolute Gasteiger partial charge is 0.159 e. The Bertz CT molecular complexity index is 229. The van der Waals surface area contributed by atoms with Crippen molar-refractivity contribution in [3.8, 4) is 0 Å². The molecule has 1 aliphatic carbocycles. The first-order valence-corrected chi connectivity index (χ1v) is 7.76. The molecule has 1 heterocycles. The van der Waals surface area contributed by atoms with Crippen LogP contribution < -0.4 is 5.32 Å². The second-order valence-corrected chi connectivity index (χ2v) is 6.00. The van der Waals surface area contributed by atoms with Crippen LogP contribution in [-0.4, -0.2) is 32.1 Å². The summed E-state index contributed by atoms with van der Waals surface area (Å²) in [6.45, 7) is 7.28. The Kier molecular flexibility index (Phi) is 5.93. The summed E-state index contributed by atoms with van der Waals surface area (Å²) in [5, 5.41) is 3.73. The third-order valence-corrected chi connectivity index (χ3v) is 4.34. The van der Waals surface area contributed by atoms with Crippen molar-refractivity contribution in [2.75, 3.05) is 19.8 Å². The van der Waals surface area contributed by atoms with Crippen molar-refractivity contribution in [1.82, 2.24) is 5.32 Å². The lowest BCUT2D eigenvalue weighted by Crippen LogP contribution is -2.41. The van der Waals surface area contributed by atoms with Crippen molar-refractivity contribution in [3.63, 3.8) is 0 Å². The molecular formula is C15H29NO2. The minimum atomic E-state index is 0.0385. The molecule has 0 aromatic rings. The molecule has 1 saturated carbocycles. The van der Waals surface area contributed by atoms with E-state index in [-0.39, 0.29) is 6.29 Å². The molecule has 0 amide bonds. The average molecular weight is 255 g/mol. The fraction of sp³-hybridized carbons (Fsp3) is 1.00. The normalized spacial score (nSPS) is 31.7. The fourth-order valence-corrected chi connectivity index (χ4v) is 3.37. The molecule has 18 heavy (non-hydrogen) atoms. The third-order valence-electron chi connectivity index (χ3n) is 4.34. The van der Waals surface area contributed by atoms with Gasteiger partial charge in [0.1, 0.15) is 0 Å². The maximum Gasteiger partial charge on any atom is 0.159 e. The van der Waals surface area contributed by atoms with Gasteiger partial charge < -0.3 is 14.8 Å². The van der Waals surface area contributed by atoms with Gasteiger partial charge in [0.05, 0.1) is 13.2 Å². The van der Waals surface area contributed by atoms with E-state index in [1.54, 1.807) is 0 Å². The third kappa shape index (κ3) is 4.22. The highest BCUT2D eigenvalue weighted by molar-refractivity contribution is 4.82. The van der Waals surface area contributed by atoms with Crippen molar-refractivity contribution < 1.29 is 9.47 Å². The van der Waals surface area contributed by atoms with Crippen LogP contribution in [0.4, 0.5) is 0 Å². The monoisotopic (exact) mass is 255 g/mol. The molecule has 1 N–H and O–H groups in total. The molecule has 1 saturated heterocycles. The van der Waals surface area contributed by atoms with Gasteiger partial charge in [0.2, 0.25) is 0 Å². The van der Waals surface area contributed by atoms with Crippen LogP contribution in [0.5, 0.6) is 0 Å².